The van der Waals surface area contributed by atoms with Crippen LogP contribution >= 0.6 is 34.5 Å². The maximum Gasteiger partial charge on any atom is 0.250 e. The molecule has 0 bridgehead atoms. The number of rotatable bonds is 3. The molecule has 6 heteroatoms. The van der Waals surface area contributed by atoms with Crippen LogP contribution < -0.4 is 0 Å². The van der Waals surface area contributed by atoms with Gasteiger partial charge in [-0.2, -0.15) is 0 Å². The number of hydrogen-bond donors (Lipinski definition) is 0. The van der Waals surface area contributed by atoms with Crippen molar-refractivity contribution in [3.05, 3.63) is 79.6 Å². The molecule has 1 aliphatic heterocycles. The van der Waals surface area contributed by atoms with Crippen LogP contribution in [-0.2, 0) is 11.2 Å². The summed E-state index contributed by atoms with van der Waals surface area (Å²) < 4.78 is 0. The number of benzene rings is 2. The van der Waals surface area contributed by atoms with E-state index in [0.29, 0.717) is 16.0 Å². The number of nitrogens with zero attached hydrogens (tertiary/aromatic N) is 2. The highest BCUT2D eigenvalue weighted by Crippen LogP contribution is 2.37. The molecule has 0 spiro atoms. The monoisotopic (exact) mass is 468 g/mol. The van der Waals surface area contributed by atoms with Crippen LogP contribution in [0, 0.1) is 0 Å². The SMILES string of the molecule is CC1=C(C(=O)N2CCC(c3nc(-c4ccc(Cl)c(Cl)c4)cs3)CC2)Cc2ccccc21. The number of hydrogen-bond acceptors (Lipinski definition) is 3. The Bertz CT molecular complexity index is 1190. The fraction of sp³-hybridized carbons (Fsp3) is 0.280. The fourth-order valence-corrected chi connectivity index (χ4v) is 5.84. The lowest BCUT2D eigenvalue weighted by Crippen LogP contribution is -2.38. The van der Waals surface area contributed by atoms with E-state index >= 15 is 0 Å². The summed E-state index contributed by atoms with van der Waals surface area (Å²) in [5.41, 5.74) is 6.48. The summed E-state index contributed by atoms with van der Waals surface area (Å²) in [7, 11) is 0. The molecule has 158 valence electrons. The minimum atomic E-state index is 0.197. The van der Waals surface area contributed by atoms with Crippen LogP contribution in [0.1, 0.15) is 41.8 Å². The van der Waals surface area contributed by atoms with Crippen molar-refractivity contribution in [3.8, 4) is 11.3 Å². The van der Waals surface area contributed by atoms with Crippen molar-refractivity contribution in [2.75, 3.05) is 13.1 Å². The number of piperidine rings is 1. The predicted octanol–water partition coefficient (Wildman–Crippen LogP) is 6.85. The van der Waals surface area contributed by atoms with Crippen LogP contribution in [0.3, 0.4) is 0 Å². The zero-order valence-corrected chi connectivity index (χ0v) is 19.5. The minimum absolute atomic E-state index is 0.197. The maximum absolute atomic E-state index is 13.2. The average molecular weight is 469 g/mol. The van der Waals surface area contributed by atoms with Crippen molar-refractivity contribution in [2.24, 2.45) is 0 Å². The van der Waals surface area contributed by atoms with E-state index in [4.69, 9.17) is 28.2 Å². The Morgan fingerprint density at radius 3 is 2.61 bits per heavy atom. The number of thiazole rings is 1. The molecule has 1 fully saturated rings. The third kappa shape index (κ3) is 3.93. The zero-order chi connectivity index (χ0) is 21.5. The predicted molar refractivity (Wildman–Crippen MR) is 129 cm³/mol. The number of allylic oxidation sites excluding steroid dienone is 1. The zero-order valence-electron chi connectivity index (χ0n) is 17.2. The molecule has 2 aliphatic rings. The molecule has 0 atom stereocenters. The lowest BCUT2D eigenvalue weighted by Gasteiger charge is -2.31. The molecule has 1 amide bonds. The van der Waals surface area contributed by atoms with Crippen LogP contribution in [0.4, 0.5) is 0 Å². The molecule has 0 radical (unpaired) electrons. The van der Waals surface area contributed by atoms with Crippen LogP contribution in [0.5, 0.6) is 0 Å². The van der Waals surface area contributed by atoms with E-state index in [0.717, 1.165) is 59.8 Å². The number of carbonyl (C=O) groups excluding carboxylic acids is 1. The van der Waals surface area contributed by atoms with E-state index in [9.17, 15) is 4.79 Å². The second kappa shape index (κ2) is 8.42. The van der Waals surface area contributed by atoms with Gasteiger partial charge >= 0.3 is 0 Å². The van der Waals surface area contributed by atoms with E-state index in [1.165, 1.54) is 11.1 Å². The lowest BCUT2D eigenvalue weighted by molar-refractivity contribution is -0.128. The molecule has 0 saturated carbocycles. The summed E-state index contributed by atoms with van der Waals surface area (Å²) >= 11 is 13.9. The van der Waals surface area contributed by atoms with Gasteiger partial charge < -0.3 is 4.90 Å². The third-order valence-electron chi connectivity index (χ3n) is 6.37. The second-order valence-corrected chi connectivity index (χ2v) is 9.91. The largest absolute Gasteiger partial charge is 0.339 e. The van der Waals surface area contributed by atoms with Gasteiger partial charge in [0, 0.05) is 41.9 Å². The molecule has 1 aromatic heterocycles. The van der Waals surface area contributed by atoms with Gasteiger partial charge in [0.2, 0.25) is 5.91 Å². The van der Waals surface area contributed by atoms with E-state index in [1.807, 2.05) is 29.2 Å². The van der Waals surface area contributed by atoms with Gasteiger partial charge in [-0.3, -0.25) is 4.79 Å². The van der Waals surface area contributed by atoms with Crippen molar-refractivity contribution in [2.45, 2.75) is 32.1 Å². The summed E-state index contributed by atoms with van der Waals surface area (Å²) in [5, 5.41) is 4.31. The molecule has 1 aliphatic carbocycles. The van der Waals surface area contributed by atoms with E-state index in [2.05, 4.69) is 24.4 Å². The van der Waals surface area contributed by atoms with Crippen LogP contribution in [0.25, 0.3) is 16.8 Å². The van der Waals surface area contributed by atoms with Gasteiger partial charge in [0.25, 0.3) is 0 Å². The van der Waals surface area contributed by atoms with Crippen LogP contribution in [0.2, 0.25) is 10.0 Å². The van der Waals surface area contributed by atoms with Gasteiger partial charge in [0.15, 0.2) is 0 Å². The molecule has 5 rings (SSSR count). The number of likely N-dealkylation sites (tertiary alicyclic amines) is 1. The summed E-state index contributed by atoms with van der Waals surface area (Å²) in [5.74, 6) is 0.587. The number of halogens is 2. The molecule has 31 heavy (non-hydrogen) atoms. The number of amides is 1. The van der Waals surface area contributed by atoms with Crippen LogP contribution in [-0.4, -0.2) is 28.9 Å². The molecule has 0 unspecified atom stereocenters. The van der Waals surface area contributed by atoms with E-state index in [1.54, 1.807) is 17.4 Å². The lowest BCUT2D eigenvalue weighted by atomic mass is 9.96. The summed E-state index contributed by atoms with van der Waals surface area (Å²) in [6.07, 6.45) is 2.64. The standard InChI is InChI=1S/C25H22Cl2N2OS/c1-15-19-5-3-2-4-17(19)12-20(15)25(30)29-10-8-16(9-11-29)24-28-23(14-31-24)18-6-7-21(26)22(27)13-18/h2-7,13-14,16H,8-12H2,1H3. The normalized spacial score (nSPS) is 16.7. The van der Waals surface area contributed by atoms with Crippen LogP contribution in [0.15, 0.2) is 53.4 Å². The molecular formula is C25H22Cl2N2OS. The van der Waals surface area contributed by atoms with Crippen molar-refractivity contribution in [1.82, 2.24) is 9.88 Å². The van der Waals surface area contributed by atoms with Crippen molar-refractivity contribution >= 4 is 46.0 Å². The van der Waals surface area contributed by atoms with E-state index < -0.39 is 0 Å². The Morgan fingerprint density at radius 2 is 1.87 bits per heavy atom. The van der Waals surface area contributed by atoms with Gasteiger partial charge in [-0.25, -0.2) is 4.98 Å². The molecular weight excluding hydrogens is 447 g/mol. The molecule has 1 saturated heterocycles. The summed E-state index contributed by atoms with van der Waals surface area (Å²) in [6, 6.07) is 13.9. The Labute approximate surface area is 196 Å². The van der Waals surface area contributed by atoms with Gasteiger partial charge in [0.1, 0.15) is 0 Å². The molecule has 2 heterocycles. The molecule has 3 aromatic rings. The highest BCUT2D eigenvalue weighted by atomic mass is 35.5. The first-order valence-electron chi connectivity index (χ1n) is 10.5. The Hall–Kier alpha value is -2.14. The Balaban J connectivity index is 1.25. The molecule has 3 nitrogen and oxygen atoms in total. The second-order valence-electron chi connectivity index (χ2n) is 8.20. The number of fused-ring (bicyclic) bond motifs is 1. The van der Waals surface area contributed by atoms with Gasteiger partial charge in [-0.15, -0.1) is 11.3 Å². The number of aromatic nitrogens is 1. The highest BCUT2D eigenvalue weighted by Gasteiger charge is 2.30. The van der Waals surface area contributed by atoms with Crippen molar-refractivity contribution in [1.29, 1.82) is 0 Å². The van der Waals surface area contributed by atoms with Gasteiger partial charge in [0.05, 0.1) is 20.7 Å². The Morgan fingerprint density at radius 1 is 1.10 bits per heavy atom. The first-order valence-corrected chi connectivity index (χ1v) is 12.1. The Kier molecular flexibility index (Phi) is 5.63. The van der Waals surface area contributed by atoms with Crippen molar-refractivity contribution in [3.63, 3.8) is 0 Å². The maximum atomic E-state index is 13.2. The molecule has 2 aromatic carbocycles. The fourth-order valence-electron chi connectivity index (χ4n) is 4.55. The third-order valence-corrected chi connectivity index (χ3v) is 8.11. The van der Waals surface area contributed by atoms with Crippen molar-refractivity contribution < 1.29 is 4.79 Å². The summed E-state index contributed by atoms with van der Waals surface area (Å²) in [6.45, 7) is 3.63. The molecule has 0 N–H and O–H groups in total. The first kappa shape index (κ1) is 20.7. The smallest absolute Gasteiger partial charge is 0.250 e. The minimum Gasteiger partial charge on any atom is -0.339 e. The topological polar surface area (TPSA) is 33.2 Å². The van der Waals surface area contributed by atoms with E-state index in [-0.39, 0.29) is 5.91 Å². The summed E-state index contributed by atoms with van der Waals surface area (Å²) in [4.78, 5) is 20.1. The quantitative estimate of drug-likeness (QED) is 0.420. The van der Waals surface area contributed by atoms with Gasteiger partial charge in [-0.05, 0) is 48.6 Å². The van der Waals surface area contributed by atoms with Gasteiger partial charge in [-0.1, -0.05) is 53.5 Å². The average Bonchev–Trinajstić information content (AvgIpc) is 3.41. The first-order chi connectivity index (χ1) is 15.0. The highest BCUT2D eigenvalue weighted by molar-refractivity contribution is 7.10. The number of carbonyl (C=O) groups is 1.